The first-order valence-corrected chi connectivity index (χ1v) is 7.97. The summed E-state index contributed by atoms with van der Waals surface area (Å²) >= 11 is 1.27. The number of hydrazone groups is 1. The minimum absolute atomic E-state index is 0.185. The molecule has 0 radical (unpaired) electrons. The molecule has 2 aromatic rings. The van der Waals surface area contributed by atoms with Crippen LogP contribution in [0.5, 0.6) is 0 Å². The molecule has 2 aromatic heterocycles. The van der Waals surface area contributed by atoms with E-state index in [0.29, 0.717) is 10.9 Å². The fourth-order valence-corrected chi connectivity index (χ4v) is 2.36. The lowest BCUT2D eigenvalue weighted by Gasteiger charge is -2.12. The van der Waals surface area contributed by atoms with Gasteiger partial charge in [0, 0.05) is 25.9 Å². The predicted octanol–water partition coefficient (Wildman–Crippen LogP) is 1.99. The molecular weight excluding hydrogens is 314 g/mol. The highest BCUT2D eigenvalue weighted by Crippen LogP contribution is 2.17. The van der Waals surface area contributed by atoms with Crippen LogP contribution in [-0.2, 0) is 4.79 Å². The van der Waals surface area contributed by atoms with E-state index >= 15 is 0 Å². The third-order valence-corrected chi connectivity index (χ3v) is 3.60. The summed E-state index contributed by atoms with van der Waals surface area (Å²) in [4.78, 5) is 22.4. The van der Waals surface area contributed by atoms with Crippen molar-refractivity contribution in [2.24, 2.45) is 5.10 Å². The van der Waals surface area contributed by atoms with Crippen LogP contribution in [0.3, 0.4) is 0 Å². The Balaban J connectivity index is 1.85. The summed E-state index contributed by atoms with van der Waals surface area (Å²) in [5, 5.41) is 4.41. The molecule has 8 heteroatoms. The number of nitrogens with zero attached hydrogens (tertiary/aromatic N) is 4. The summed E-state index contributed by atoms with van der Waals surface area (Å²) in [6, 6.07) is 5.50. The first kappa shape index (κ1) is 17.0. The summed E-state index contributed by atoms with van der Waals surface area (Å²) in [5.74, 6) is 2.15. The molecule has 0 saturated heterocycles. The van der Waals surface area contributed by atoms with Crippen LogP contribution in [0.4, 0.5) is 5.82 Å². The molecule has 7 nitrogen and oxygen atoms in total. The Morgan fingerprint density at radius 3 is 2.83 bits per heavy atom. The number of aryl methyl sites for hydroxylation is 2. The molecule has 1 N–H and O–H groups in total. The Kier molecular flexibility index (Phi) is 5.75. The SMILES string of the molecule is Cc1cc(N(C)C)nc(SCC(=O)NN=Cc2ccc(C)o2)n1. The number of carbonyl (C=O) groups is 1. The quantitative estimate of drug-likeness (QED) is 0.377. The zero-order valence-corrected chi connectivity index (χ0v) is 14.3. The molecule has 23 heavy (non-hydrogen) atoms. The van der Waals surface area contributed by atoms with Crippen molar-refractivity contribution in [3.05, 3.63) is 35.4 Å². The average Bonchev–Trinajstić information content (AvgIpc) is 2.90. The number of rotatable bonds is 6. The molecule has 2 rings (SSSR count). The average molecular weight is 333 g/mol. The number of thioether (sulfide) groups is 1. The normalized spacial score (nSPS) is 11.0. The number of anilines is 1. The Labute approximate surface area is 139 Å². The van der Waals surface area contributed by atoms with Gasteiger partial charge < -0.3 is 9.32 Å². The lowest BCUT2D eigenvalue weighted by atomic mass is 10.4. The molecule has 0 fully saturated rings. The van der Waals surface area contributed by atoms with Gasteiger partial charge in [-0.3, -0.25) is 4.79 Å². The molecule has 0 bridgehead atoms. The zero-order chi connectivity index (χ0) is 16.8. The Morgan fingerprint density at radius 2 is 2.17 bits per heavy atom. The maximum absolute atomic E-state index is 11.8. The molecule has 0 saturated carbocycles. The lowest BCUT2D eigenvalue weighted by Crippen LogP contribution is -2.20. The van der Waals surface area contributed by atoms with E-state index in [-0.39, 0.29) is 11.7 Å². The van der Waals surface area contributed by atoms with E-state index in [1.54, 1.807) is 6.07 Å². The molecule has 1 amide bonds. The number of hydrogen-bond donors (Lipinski definition) is 1. The largest absolute Gasteiger partial charge is 0.460 e. The topological polar surface area (TPSA) is 83.6 Å². The van der Waals surface area contributed by atoms with Gasteiger partial charge in [-0.1, -0.05) is 11.8 Å². The van der Waals surface area contributed by atoms with Gasteiger partial charge in [0.15, 0.2) is 5.16 Å². The van der Waals surface area contributed by atoms with E-state index in [1.165, 1.54) is 18.0 Å². The smallest absolute Gasteiger partial charge is 0.250 e. The molecule has 0 aliphatic carbocycles. The summed E-state index contributed by atoms with van der Waals surface area (Å²) in [6.07, 6.45) is 1.46. The second kappa shape index (κ2) is 7.77. The fourth-order valence-electron chi connectivity index (χ4n) is 1.67. The first-order valence-electron chi connectivity index (χ1n) is 6.98. The van der Waals surface area contributed by atoms with Gasteiger partial charge in [-0.25, -0.2) is 15.4 Å². The van der Waals surface area contributed by atoms with E-state index in [0.717, 1.165) is 17.3 Å². The van der Waals surface area contributed by atoms with Crippen molar-refractivity contribution in [1.82, 2.24) is 15.4 Å². The standard InChI is InChI=1S/C15H19N5O2S/c1-10-7-13(20(3)4)18-15(17-10)23-9-14(21)19-16-8-12-6-5-11(2)22-12/h5-8H,9H2,1-4H3,(H,19,21). The van der Waals surface area contributed by atoms with Gasteiger partial charge in [0.2, 0.25) is 0 Å². The highest BCUT2D eigenvalue weighted by molar-refractivity contribution is 7.99. The summed E-state index contributed by atoms with van der Waals surface area (Å²) in [6.45, 7) is 3.74. The van der Waals surface area contributed by atoms with Gasteiger partial charge in [0.25, 0.3) is 5.91 Å². The highest BCUT2D eigenvalue weighted by Gasteiger charge is 2.07. The Hall–Kier alpha value is -2.35. The minimum atomic E-state index is -0.231. The van der Waals surface area contributed by atoms with Crippen molar-refractivity contribution >= 4 is 29.7 Å². The molecule has 0 aromatic carbocycles. The molecule has 0 unspecified atom stereocenters. The molecular formula is C15H19N5O2S. The molecule has 0 spiro atoms. The van der Waals surface area contributed by atoms with E-state index in [2.05, 4.69) is 20.5 Å². The van der Waals surface area contributed by atoms with Crippen molar-refractivity contribution in [3.63, 3.8) is 0 Å². The van der Waals surface area contributed by atoms with E-state index in [9.17, 15) is 4.79 Å². The van der Waals surface area contributed by atoms with E-state index in [4.69, 9.17) is 4.42 Å². The number of amides is 1. The number of furan rings is 1. The van der Waals surface area contributed by atoms with Crippen molar-refractivity contribution in [3.8, 4) is 0 Å². The third kappa shape index (κ3) is 5.41. The zero-order valence-electron chi connectivity index (χ0n) is 13.5. The van der Waals surface area contributed by atoms with Gasteiger partial charge in [-0.15, -0.1) is 0 Å². The molecule has 0 atom stereocenters. The van der Waals surface area contributed by atoms with Crippen LogP contribution in [-0.4, -0.2) is 41.9 Å². The summed E-state index contributed by atoms with van der Waals surface area (Å²) < 4.78 is 5.31. The highest BCUT2D eigenvalue weighted by atomic mass is 32.2. The van der Waals surface area contributed by atoms with Crippen LogP contribution in [0.15, 0.2) is 32.9 Å². The monoisotopic (exact) mass is 333 g/mol. The third-order valence-electron chi connectivity index (χ3n) is 2.75. The first-order chi connectivity index (χ1) is 10.9. The second-order valence-corrected chi connectivity index (χ2v) is 6.02. The number of carbonyl (C=O) groups excluding carboxylic acids is 1. The maximum Gasteiger partial charge on any atom is 0.250 e. The van der Waals surface area contributed by atoms with Crippen molar-refractivity contribution in [2.75, 3.05) is 24.7 Å². The fraction of sp³-hybridized carbons (Fsp3) is 0.333. The van der Waals surface area contributed by atoms with Gasteiger partial charge in [0.1, 0.15) is 17.3 Å². The van der Waals surface area contributed by atoms with Gasteiger partial charge >= 0.3 is 0 Å². The van der Waals surface area contributed by atoms with Gasteiger partial charge in [0.05, 0.1) is 12.0 Å². The summed E-state index contributed by atoms with van der Waals surface area (Å²) in [7, 11) is 3.82. The van der Waals surface area contributed by atoms with Crippen LogP contribution < -0.4 is 10.3 Å². The maximum atomic E-state index is 11.8. The van der Waals surface area contributed by atoms with Crippen LogP contribution in [0.2, 0.25) is 0 Å². The molecule has 2 heterocycles. The van der Waals surface area contributed by atoms with E-state index in [1.807, 2.05) is 45.0 Å². The van der Waals surface area contributed by atoms with Crippen molar-refractivity contribution in [2.45, 2.75) is 19.0 Å². The molecule has 0 aliphatic rings. The summed E-state index contributed by atoms with van der Waals surface area (Å²) in [5.41, 5.74) is 3.31. The number of nitrogens with one attached hydrogen (secondary N) is 1. The van der Waals surface area contributed by atoms with Gasteiger partial charge in [-0.05, 0) is 26.0 Å². The van der Waals surface area contributed by atoms with Crippen LogP contribution in [0.1, 0.15) is 17.2 Å². The van der Waals surface area contributed by atoms with E-state index < -0.39 is 0 Å². The number of hydrogen-bond acceptors (Lipinski definition) is 7. The van der Waals surface area contributed by atoms with Crippen molar-refractivity contribution in [1.29, 1.82) is 0 Å². The predicted molar refractivity (Wildman–Crippen MR) is 91.0 cm³/mol. The van der Waals surface area contributed by atoms with Crippen LogP contribution >= 0.6 is 11.8 Å². The minimum Gasteiger partial charge on any atom is -0.460 e. The van der Waals surface area contributed by atoms with Crippen LogP contribution in [0.25, 0.3) is 0 Å². The number of aromatic nitrogens is 2. The molecule has 0 aliphatic heterocycles. The van der Waals surface area contributed by atoms with Gasteiger partial charge in [-0.2, -0.15) is 5.10 Å². The molecule has 122 valence electrons. The second-order valence-electron chi connectivity index (χ2n) is 5.07. The lowest BCUT2D eigenvalue weighted by molar-refractivity contribution is -0.118. The Morgan fingerprint density at radius 1 is 1.39 bits per heavy atom. The van der Waals surface area contributed by atoms with Crippen molar-refractivity contribution < 1.29 is 9.21 Å². The Bertz CT molecular complexity index is 712. The van der Waals surface area contributed by atoms with Crippen LogP contribution in [0, 0.1) is 13.8 Å².